The zero-order valence-corrected chi connectivity index (χ0v) is 19.8. The van der Waals surface area contributed by atoms with Crippen LogP contribution in [0.15, 0.2) is 36.5 Å². The van der Waals surface area contributed by atoms with Gasteiger partial charge in [0.1, 0.15) is 0 Å². The summed E-state index contributed by atoms with van der Waals surface area (Å²) in [4.78, 5) is 39.5. The van der Waals surface area contributed by atoms with Crippen LogP contribution in [0.3, 0.4) is 0 Å². The summed E-state index contributed by atoms with van der Waals surface area (Å²) in [7, 11) is 0. The normalized spacial score (nSPS) is 23.2. The van der Waals surface area contributed by atoms with E-state index in [2.05, 4.69) is 22.0 Å². The molecule has 2 fully saturated rings. The summed E-state index contributed by atoms with van der Waals surface area (Å²) in [5.41, 5.74) is 3.38. The summed E-state index contributed by atoms with van der Waals surface area (Å²) in [6, 6.07) is 10.1. The molecule has 0 radical (unpaired) electrons. The molecule has 1 spiro atoms. The monoisotopic (exact) mass is 446 g/mol. The number of piperidine rings is 2. The number of amides is 2. The van der Waals surface area contributed by atoms with E-state index in [0.717, 1.165) is 68.7 Å². The second-order valence-electron chi connectivity index (χ2n) is 10.3. The molecule has 2 aromatic rings. The molecule has 6 nitrogen and oxygen atoms in total. The highest BCUT2D eigenvalue weighted by Crippen LogP contribution is 2.44. The first kappa shape index (κ1) is 22.1. The standard InChI is InChI=1S/C27H34N4O2/c1-19(2)25(32)30-15-10-21(11-16-30)26(33)31-14-6-12-27(18-31)13-9-22-17-28-24(29-23(22)27)20-7-4-3-5-8-20/h3-5,7-8,17,19,21H,6,9-16,18H2,1-2H3. The fourth-order valence-corrected chi connectivity index (χ4v) is 5.95. The third kappa shape index (κ3) is 4.16. The number of fused-ring (bicyclic) bond motifs is 2. The Morgan fingerprint density at radius 1 is 1.03 bits per heavy atom. The Bertz CT molecular complexity index is 1030. The molecule has 2 amide bonds. The molecule has 0 N–H and O–H groups in total. The number of benzene rings is 1. The minimum absolute atomic E-state index is 0.0180. The third-order valence-electron chi connectivity index (χ3n) is 7.81. The van der Waals surface area contributed by atoms with Crippen molar-refractivity contribution < 1.29 is 9.59 Å². The zero-order valence-electron chi connectivity index (χ0n) is 19.8. The van der Waals surface area contributed by atoms with Gasteiger partial charge >= 0.3 is 0 Å². The molecule has 174 valence electrons. The average Bonchev–Trinajstić information content (AvgIpc) is 3.20. The molecule has 1 aromatic heterocycles. The first-order valence-corrected chi connectivity index (χ1v) is 12.5. The van der Waals surface area contributed by atoms with Gasteiger partial charge in [0.05, 0.1) is 5.69 Å². The lowest BCUT2D eigenvalue weighted by Gasteiger charge is -2.43. The van der Waals surface area contributed by atoms with Crippen LogP contribution in [-0.2, 0) is 21.4 Å². The van der Waals surface area contributed by atoms with Crippen LogP contribution in [0.2, 0.25) is 0 Å². The SMILES string of the molecule is CC(C)C(=O)N1CCC(C(=O)N2CCCC3(CCc4cnc(-c5ccccc5)nc43)C2)CC1. The molecule has 2 aliphatic heterocycles. The molecule has 2 saturated heterocycles. The van der Waals surface area contributed by atoms with Crippen LogP contribution in [0.1, 0.15) is 57.2 Å². The van der Waals surface area contributed by atoms with E-state index < -0.39 is 0 Å². The third-order valence-corrected chi connectivity index (χ3v) is 7.81. The highest BCUT2D eigenvalue weighted by Gasteiger charge is 2.45. The maximum absolute atomic E-state index is 13.5. The molecule has 1 atom stereocenters. The van der Waals surface area contributed by atoms with Crippen molar-refractivity contribution in [2.45, 2.75) is 57.8 Å². The Morgan fingerprint density at radius 3 is 2.52 bits per heavy atom. The molecule has 33 heavy (non-hydrogen) atoms. The number of hydrogen-bond acceptors (Lipinski definition) is 4. The summed E-state index contributed by atoms with van der Waals surface area (Å²) in [5.74, 6) is 1.30. The van der Waals surface area contributed by atoms with Crippen molar-refractivity contribution in [3.8, 4) is 11.4 Å². The Kier molecular flexibility index (Phi) is 5.94. The number of likely N-dealkylation sites (tertiary alicyclic amines) is 2. The highest BCUT2D eigenvalue weighted by molar-refractivity contribution is 5.81. The van der Waals surface area contributed by atoms with E-state index in [1.807, 2.05) is 43.1 Å². The number of hydrogen-bond donors (Lipinski definition) is 0. The molecule has 0 bridgehead atoms. The molecule has 6 heteroatoms. The van der Waals surface area contributed by atoms with Crippen LogP contribution in [0.5, 0.6) is 0 Å². The number of carbonyl (C=O) groups excluding carboxylic acids is 2. The largest absolute Gasteiger partial charge is 0.342 e. The van der Waals surface area contributed by atoms with Crippen LogP contribution in [0.4, 0.5) is 0 Å². The van der Waals surface area contributed by atoms with Crippen molar-refractivity contribution in [1.29, 1.82) is 0 Å². The van der Waals surface area contributed by atoms with Gasteiger partial charge in [-0.15, -0.1) is 0 Å². The van der Waals surface area contributed by atoms with Gasteiger partial charge in [-0.05, 0) is 44.1 Å². The number of nitrogens with zero attached hydrogens (tertiary/aromatic N) is 4. The van der Waals surface area contributed by atoms with E-state index in [4.69, 9.17) is 4.98 Å². The first-order chi connectivity index (χ1) is 16.0. The molecule has 1 unspecified atom stereocenters. The number of carbonyl (C=O) groups is 2. The van der Waals surface area contributed by atoms with Crippen molar-refractivity contribution in [1.82, 2.24) is 19.8 Å². The molecule has 0 saturated carbocycles. The minimum atomic E-state index is -0.0516. The Balaban J connectivity index is 1.31. The van der Waals surface area contributed by atoms with Gasteiger partial charge in [0.25, 0.3) is 0 Å². The van der Waals surface area contributed by atoms with Gasteiger partial charge in [-0.3, -0.25) is 9.59 Å². The van der Waals surface area contributed by atoms with Crippen LogP contribution in [0.25, 0.3) is 11.4 Å². The molecule has 3 aliphatic rings. The minimum Gasteiger partial charge on any atom is -0.342 e. The predicted octanol–water partition coefficient (Wildman–Crippen LogP) is 3.84. The van der Waals surface area contributed by atoms with Gasteiger partial charge in [-0.1, -0.05) is 44.2 Å². The maximum Gasteiger partial charge on any atom is 0.225 e. The quantitative estimate of drug-likeness (QED) is 0.718. The van der Waals surface area contributed by atoms with Crippen LogP contribution >= 0.6 is 0 Å². The van der Waals surface area contributed by atoms with E-state index in [-0.39, 0.29) is 29.1 Å². The van der Waals surface area contributed by atoms with E-state index in [9.17, 15) is 9.59 Å². The number of aryl methyl sites for hydroxylation is 1. The summed E-state index contributed by atoms with van der Waals surface area (Å²) in [5, 5.41) is 0. The van der Waals surface area contributed by atoms with Crippen molar-refractivity contribution >= 4 is 11.8 Å². The van der Waals surface area contributed by atoms with Gasteiger partial charge in [0.15, 0.2) is 5.82 Å². The summed E-state index contributed by atoms with van der Waals surface area (Å²) >= 11 is 0. The number of rotatable bonds is 3. The molecule has 1 aromatic carbocycles. The van der Waals surface area contributed by atoms with Gasteiger partial charge in [-0.2, -0.15) is 0 Å². The van der Waals surface area contributed by atoms with Gasteiger partial charge in [-0.25, -0.2) is 9.97 Å². The maximum atomic E-state index is 13.5. The topological polar surface area (TPSA) is 66.4 Å². The van der Waals surface area contributed by atoms with E-state index in [0.29, 0.717) is 13.1 Å². The first-order valence-electron chi connectivity index (χ1n) is 12.5. The Hall–Kier alpha value is -2.76. The lowest BCUT2D eigenvalue weighted by Crippen LogP contribution is -2.51. The van der Waals surface area contributed by atoms with E-state index in [1.54, 1.807) is 0 Å². The van der Waals surface area contributed by atoms with Crippen LogP contribution in [-0.4, -0.2) is 57.8 Å². The summed E-state index contributed by atoms with van der Waals surface area (Å²) in [6.07, 6.45) is 7.68. The highest BCUT2D eigenvalue weighted by atomic mass is 16.2. The van der Waals surface area contributed by atoms with Gasteiger partial charge in [0.2, 0.25) is 11.8 Å². The van der Waals surface area contributed by atoms with Crippen molar-refractivity contribution in [3.05, 3.63) is 47.8 Å². The average molecular weight is 447 g/mol. The van der Waals surface area contributed by atoms with Gasteiger partial charge < -0.3 is 9.80 Å². The molecular formula is C27H34N4O2. The summed E-state index contributed by atoms with van der Waals surface area (Å²) < 4.78 is 0. The van der Waals surface area contributed by atoms with Crippen molar-refractivity contribution in [2.24, 2.45) is 11.8 Å². The molecule has 5 rings (SSSR count). The van der Waals surface area contributed by atoms with Crippen LogP contribution < -0.4 is 0 Å². The second-order valence-corrected chi connectivity index (χ2v) is 10.3. The lowest BCUT2D eigenvalue weighted by atomic mass is 9.77. The van der Waals surface area contributed by atoms with Crippen molar-refractivity contribution in [2.75, 3.05) is 26.2 Å². The van der Waals surface area contributed by atoms with Crippen LogP contribution in [0, 0.1) is 11.8 Å². The van der Waals surface area contributed by atoms with E-state index >= 15 is 0 Å². The smallest absolute Gasteiger partial charge is 0.225 e. The number of aromatic nitrogens is 2. The fraction of sp³-hybridized carbons (Fsp3) is 0.556. The zero-order chi connectivity index (χ0) is 23.0. The van der Waals surface area contributed by atoms with Gasteiger partial charge in [0, 0.05) is 55.2 Å². The fourth-order valence-electron chi connectivity index (χ4n) is 5.95. The Morgan fingerprint density at radius 2 is 1.79 bits per heavy atom. The molecule has 1 aliphatic carbocycles. The van der Waals surface area contributed by atoms with Crippen molar-refractivity contribution in [3.63, 3.8) is 0 Å². The summed E-state index contributed by atoms with van der Waals surface area (Å²) in [6.45, 7) is 6.87. The predicted molar refractivity (Wildman–Crippen MR) is 127 cm³/mol. The molecular weight excluding hydrogens is 412 g/mol. The van der Waals surface area contributed by atoms with E-state index in [1.165, 1.54) is 5.56 Å². The lowest BCUT2D eigenvalue weighted by molar-refractivity contribution is -0.143. The Labute approximate surface area is 196 Å². The second kappa shape index (κ2) is 8.88. The molecule has 3 heterocycles.